The Labute approximate surface area is 135 Å². The van der Waals surface area contributed by atoms with Crippen LogP contribution in [0.25, 0.3) is 10.1 Å². The van der Waals surface area contributed by atoms with E-state index in [1.807, 2.05) is 6.07 Å². The van der Waals surface area contributed by atoms with Crippen LogP contribution >= 0.6 is 45.9 Å². The fraction of sp³-hybridized carbons (Fsp3) is 0.143. The molecule has 1 unspecified atom stereocenters. The Hall–Kier alpha value is -0.620. The molecule has 0 bridgehead atoms. The van der Waals surface area contributed by atoms with Crippen LogP contribution in [0.4, 0.5) is 0 Å². The van der Waals surface area contributed by atoms with Crippen molar-refractivity contribution in [3.63, 3.8) is 0 Å². The Kier molecular flexibility index (Phi) is 4.31. The molecule has 6 heteroatoms. The van der Waals surface area contributed by atoms with Crippen LogP contribution in [0.3, 0.4) is 0 Å². The van der Waals surface area contributed by atoms with Crippen LogP contribution in [0.5, 0.6) is 0 Å². The highest BCUT2D eigenvalue weighted by molar-refractivity contribution is 7.20. The molecule has 0 fully saturated rings. The molecular weight excluding hydrogens is 331 g/mol. The average molecular weight is 343 g/mol. The number of nitrogens with two attached hydrogens (primary N) is 1. The van der Waals surface area contributed by atoms with Crippen LogP contribution in [0.15, 0.2) is 35.7 Å². The molecule has 0 aliphatic heterocycles. The van der Waals surface area contributed by atoms with E-state index >= 15 is 0 Å². The Morgan fingerprint density at radius 2 is 2.05 bits per heavy atom. The van der Waals surface area contributed by atoms with Gasteiger partial charge in [-0.15, -0.1) is 22.7 Å². The minimum Gasteiger partial charge on any atom is -0.271 e. The second-order valence-corrected chi connectivity index (χ2v) is 7.66. The van der Waals surface area contributed by atoms with Gasteiger partial charge in [0.05, 0.1) is 14.7 Å². The molecule has 104 valence electrons. The van der Waals surface area contributed by atoms with E-state index in [0.29, 0.717) is 8.67 Å². The highest BCUT2D eigenvalue weighted by atomic mass is 35.5. The van der Waals surface area contributed by atoms with Gasteiger partial charge in [0, 0.05) is 10.3 Å². The maximum atomic E-state index is 6.22. The Bertz CT molecular complexity index is 736. The summed E-state index contributed by atoms with van der Waals surface area (Å²) in [5.41, 5.74) is 5.07. The number of thiophene rings is 2. The normalized spacial score (nSPS) is 12.9. The van der Waals surface area contributed by atoms with Crippen molar-refractivity contribution in [3.8, 4) is 0 Å². The van der Waals surface area contributed by atoms with Gasteiger partial charge >= 0.3 is 0 Å². The summed E-state index contributed by atoms with van der Waals surface area (Å²) >= 11 is 15.3. The number of hydrogen-bond acceptors (Lipinski definition) is 4. The quantitative estimate of drug-likeness (QED) is 0.516. The summed E-state index contributed by atoms with van der Waals surface area (Å²) in [4.78, 5) is 0. The molecular formula is C14H12Cl2N2S2. The molecule has 2 heterocycles. The summed E-state index contributed by atoms with van der Waals surface area (Å²) in [6, 6.07) is 10.2. The number of benzene rings is 1. The summed E-state index contributed by atoms with van der Waals surface area (Å²) < 4.78 is 2.66. The zero-order valence-electron chi connectivity index (χ0n) is 10.4. The number of nitrogens with one attached hydrogen (secondary N) is 1. The SMILES string of the molecule is NNC(Cc1csc2ccccc12)c1cc(Cl)sc1Cl. The minimum absolute atomic E-state index is 0.0377. The lowest BCUT2D eigenvalue weighted by Gasteiger charge is -2.15. The van der Waals surface area contributed by atoms with Gasteiger partial charge in [-0.05, 0) is 34.9 Å². The average Bonchev–Trinajstić information content (AvgIpc) is 3.00. The summed E-state index contributed by atoms with van der Waals surface area (Å²) in [5, 5.41) is 3.45. The standard InChI is InChI=1S/C14H12Cl2N2S2/c15-13-6-10(14(16)20-13)11(18-17)5-8-7-19-12-4-2-1-3-9(8)12/h1-4,6-7,11,18H,5,17H2. The molecule has 3 rings (SSSR count). The second kappa shape index (κ2) is 6.02. The van der Waals surface area contributed by atoms with E-state index in [-0.39, 0.29) is 6.04 Å². The van der Waals surface area contributed by atoms with Crippen molar-refractivity contribution in [2.24, 2.45) is 5.84 Å². The highest BCUT2D eigenvalue weighted by Crippen LogP contribution is 2.37. The van der Waals surface area contributed by atoms with Crippen molar-refractivity contribution >= 4 is 56.0 Å². The Balaban J connectivity index is 1.94. The zero-order chi connectivity index (χ0) is 14.1. The van der Waals surface area contributed by atoms with Gasteiger partial charge in [0.1, 0.15) is 0 Å². The number of hydrogen-bond donors (Lipinski definition) is 2. The fourth-order valence-electron chi connectivity index (χ4n) is 2.26. The first-order valence-electron chi connectivity index (χ1n) is 6.05. The number of rotatable bonds is 4. The summed E-state index contributed by atoms with van der Waals surface area (Å²) in [6.07, 6.45) is 0.785. The Morgan fingerprint density at radius 1 is 1.25 bits per heavy atom. The van der Waals surface area contributed by atoms with E-state index in [1.165, 1.54) is 27.0 Å². The topological polar surface area (TPSA) is 38.0 Å². The Morgan fingerprint density at radius 3 is 2.75 bits per heavy atom. The largest absolute Gasteiger partial charge is 0.271 e. The van der Waals surface area contributed by atoms with Gasteiger partial charge in [-0.2, -0.15) is 0 Å². The van der Waals surface area contributed by atoms with E-state index in [0.717, 1.165) is 12.0 Å². The summed E-state index contributed by atoms with van der Waals surface area (Å²) in [6.45, 7) is 0. The number of hydrazine groups is 1. The summed E-state index contributed by atoms with van der Waals surface area (Å²) in [7, 11) is 0. The third kappa shape index (κ3) is 2.72. The van der Waals surface area contributed by atoms with Crippen molar-refractivity contribution < 1.29 is 0 Å². The molecule has 0 radical (unpaired) electrons. The predicted molar refractivity (Wildman–Crippen MR) is 89.9 cm³/mol. The molecule has 1 aromatic carbocycles. The molecule has 0 saturated heterocycles. The lowest BCUT2D eigenvalue weighted by atomic mass is 10.0. The van der Waals surface area contributed by atoms with E-state index in [4.69, 9.17) is 29.0 Å². The van der Waals surface area contributed by atoms with E-state index in [9.17, 15) is 0 Å². The van der Waals surface area contributed by atoms with Gasteiger partial charge in [-0.25, -0.2) is 0 Å². The van der Waals surface area contributed by atoms with Gasteiger partial charge < -0.3 is 0 Å². The maximum Gasteiger partial charge on any atom is 0.0992 e. The third-order valence-electron chi connectivity index (χ3n) is 3.24. The van der Waals surface area contributed by atoms with Crippen LogP contribution in [-0.2, 0) is 6.42 Å². The lowest BCUT2D eigenvalue weighted by Crippen LogP contribution is -2.29. The maximum absolute atomic E-state index is 6.22. The lowest BCUT2D eigenvalue weighted by molar-refractivity contribution is 0.556. The molecule has 2 nitrogen and oxygen atoms in total. The first-order valence-corrected chi connectivity index (χ1v) is 8.50. The van der Waals surface area contributed by atoms with Gasteiger partial charge in [0.25, 0.3) is 0 Å². The molecule has 20 heavy (non-hydrogen) atoms. The zero-order valence-corrected chi connectivity index (χ0v) is 13.5. The van der Waals surface area contributed by atoms with Crippen molar-refractivity contribution in [2.45, 2.75) is 12.5 Å². The van der Waals surface area contributed by atoms with Crippen LogP contribution in [0.2, 0.25) is 8.67 Å². The fourth-order valence-corrected chi connectivity index (χ4v) is 4.81. The first-order chi connectivity index (χ1) is 9.69. The molecule has 1 atom stereocenters. The van der Waals surface area contributed by atoms with E-state index < -0.39 is 0 Å². The molecule has 3 aromatic rings. The number of halogens is 2. The monoisotopic (exact) mass is 342 g/mol. The molecule has 0 aliphatic carbocycles. The molecule has 0 spiro atoms. The van der Waals surface area contributed by atoms with Crippen LogP contribution in [-0.4, -0.2) is 0 Å². The van der Waals surface area contributed by atoms with E-state index in [2.05, 4.69) is 35.1 Å². The van der Waals surface area contributed by atoms with Gasteiger partial charge in [-0.3, -0.25) is 11.3 Å². The minimum atomic E-state index is -0.0377. The van der Waals surface area contributed by atoms with Crippen molar-refractivity contribution in [1.82, 2.24) is 5.43 Å². The first kappa shape index (κ1) is 14.3. The van der Waals surface area contributed by atoms with Crippen molar-refractivity contribution in [1.29, 1.82) is 0 Å². The van der Waals surface area contributed by atoms with Crippen molar-refractivity contribution in [3.05, 3.63) is 55.5 Å². The molecule has 0 saturated carbocycles. The van der Waals surface area contributed by atoms with Gasteiger partial charge in [0.2, 0.25) is 0 Å². The highest BCUT2D eigenvalue weighted by Gasteiger charge is 2.18. The van der Waals surface area contributed by atoms with Gasteiger partial charge in [-0.1, -0.05) is 41.4 Å². The number of fused-ring (bicyclic) bond motifs is 1. The van der Waals surface area contributed by atoms with Gasteiger partial charge in [0.15, 0.2) is 0 Å². The molecule has 3 N–H and O–H groups in total. The molecule has 0 amide bonds. The molecule has 0 aliphatic rings. The van der Waals surface area contributed by atoms with Crippen molar-refractivity contribution in [2.75, 3.05) is 0 Å². The molecule has 2 aromatic heterocycles. The van der Waals surface area contributed by atoms with E-state index in [1.54, 1.807) is 11.3 Å². The summed E-state index contributed by atoms with van der Waals surface area (Å²) in [5.74, 6) is 5.70. The predicted octanol–water partition coefficient (Wildman–Crippen LogP) is 5.02. The smallest absolute Gasteiger partial charge is 0.0992 e. The van der Waals surface area contributed by atoms with Crippen LogP contribution in [0, 0.1) is 0 Å². The second-order valence-electron chi connectivity index (χ2n) is 4.46. The van der Waals surface area contributed by atoms with Crippen LogP contribution in [0.1, 0.15) is 17.2 Å². The van der Waals surface area contributed by atoms with Crippen LogP contribution < -0.4 is 11.3 Å². The third-order valence-corrected chi connectivity index (χ3v) is 5.78.